The van der Waals surface area contributed by atoms with Gasteiger partial charge in [0.25, 0.3) is 0 Å². The molecule has 1 aromatic carbocycles. The van der Waals surface area contributed by atoms with Gasteiger partial charge in [0.05, 0.1) is 6.10 Å². The topological polar surface area (TPSA) is 54.2 Å². The van der Waals surface area contributed by atoms with Gasteiger partial charge in [0, 0.05) is 26.1 Å². The van der Waals surface area contributed by atoms with Gasteiger partial charge in [-0.25, -0.2) is 0 Å². The number of aromatic nitrogens is 3. The van der Waals surface area contributed by atoms with E-state index >= 15 is 0 Å². The van der Waals surface area contributed by atoms with E-state index in [1.54, 1.807) is 11.1 Å². The van der Waals surface area contributed by atoms with Crippen LogP contribution < -0.4 is 4.90 Å². The molecular formula is C24H32N4O. The highest BCUT2D eigenvalue weighted by Gasteiger charge is 2.48. The lowest BCUT2D eigenvalue weighted by atomic mass is 9.66. The van der Waals surface area contributed by atoms with E-state index in [4.69, 9.17) is 0 Å². The van der Waals surface area contributed by atoms with Gasteiger partial charge in [0.1, 0.15) is 5.82 Å². The molecule has 0 radical (unpaired) electrons. The van der Waals surface area contributed by atoms with Crippen LogP contribution in [-0.2, 0) is 19.9 Å². The van der Waals surface area contributed by atoms with Gasteiger partial charge in [-0.2, -0.15) is 0 Å². The zero-order valence-electron chi connectivity index (χ0n) is 17.4. The highest BCUT2D eigenvalue weighted by Crippen LogP contribution is 2.53. The molecule has 3 aliphatic carbocycles. The highest BCUT2D eigenvalue weighted by atomic mass is 16.3. The zero-order chi connectivity index (χ0) is 19.6. The molecule has 3 fully saturated rings. The number of aliphatic hydroxyl groups is 1. The Kier molecular flexibility index (Phi) is 4.06. The minimum Gasteiger partial charge on any atom is -0.393 e. The van der Waals surface area contributed by atoms with Crippen LogP contribution in [0.25, 0.3) is 0 Å². The average Bonchev–Trinajstić information content (AvgIpc) is 3.28. The number of fused-ring (bicyclic) bond motifs is 2. The normalized spacial score (nSPS) is 32.7. The summed E-state index contributed by atoms with van der Waals surface area (Å²) in [6.07, 6.45) is 9.49. The third-order valence-corrected chi connectivity index (χ3v) is 8.75. The van der Waals surface area contributed by atoms with Crippen LogP contribution in [0.1, 0.15) is 61.4 Å². The molecule has 5 nitrogen and oxygen atoms in total. The zero-order valence-corrected chi connectivity index (χ0v) is 17.4. The van der Waals surface area contributed by atoms with Crippen molar-refractivity contribution in [1.29, 1.82) is 0 Å². The van der Waals surface area contributed by atoms with Crippen molar-refractivity contribution in [2.24, 2.45) is 24.3 Å². The number of piperidine rings is 1. The molecule has 29 heavy (non-hydrogen) atoms. The summed E-state index contributed by atoms with van der Waals surface area (Å²) in [5.74, 6) is 3.86. The fraction of sp³-hybridized carbons (Fsp3) is 0.667. The molecule has 0 amide bonds. The Balaban J connectivity index is 1.15. The second kappa shape index (κ2) is 6.56. The van der Waals surface area contributed by atoms with Crippen LogP contribution in [0.2, 0.25) is 0 Å². The molecule has 4 aliphatic rings. The van der Waals surface area contributed by atoms with Crippen molar-refractivity contribution in [2.45, 2.75) is 63.4 Å². The SMILES string of the molecule is Cn1c(C2C[C@@H]3CC(O)[C@@H]3C2)nnc1N1CCC2(CCc3ccccc3C2)CC1. The number of aliphatic hydroxyl groups excluding tert-OH is 1. The highest BCUT2D eigenvalue weighted by molar-refractivity contribution is 5.35. The lowest BCUT2D eigenvalue weighted by Crippen LogP contribution is -2.43. The predicted molar refractivity (Wildman–Crippen MR) is 113 cm³/mol. The molecule has 1 saturated heterocycles. The monoisotopic (exact) mass is 392 g/mol. The lowest BCUT2D eigenvalue weighted by Gasteiger charge is -2.45. The van der Waals surface area contributed by atoms with Crippen LogP contribution in [0, 0.1) is 17.3 Å². The van der Waals surface area contributed by atoms with Crippen LogP contribution in [0.4, 0.5) is 5.95 Å². The Morgan fingerprint density at radius 1 is 1.00 bits per heavy atom. The summed E-state index contributed by atoms with van der Waals surface area (Å²) in [5.41, 5.74) is 3.62. The van der Waals surface area contributed by atoms with Gasteiger partial charge in [-0.3, -0.25) is 0 Å². The Morgan fingerprint density at radius 2 is 1.79 bits per heavy atom. The molecule has 6 rings (SSSR count). The molecule has 2 heterocycles. The van der Waals surface area contributed by atoms with Crippen molar-refractivity contribution >= 4 is 5.95 Å². The first kappa shape index (κ1) is 17.9. The van der Waals surface area contributed by atoms with E-state index in [0.717, 1.165) is 37.7 Å². The second-order valence-electron chi connectivity index (χ2n) is 10.2. The molecule has 2 saturated carbocycles. The van der Waals surface area contributed by atoms with E-state index < -0.39 is 0 Å². The van der Waals surface area contributed by atoms with Crippen molar-refractivity contribution in [3.8, 4) is 0 Å². The smallest absolute Gasteiger partial charge is 0.226 e. The maximum Gasteiger partial charge on any atom is 0.226 e. The van der Waals surface area contributed by atoms with Gasteiger partial charge < -0.3 is 14.6 Å². The Hall–Kier alpha value is -1.88. The second-order valence-corrected chi connectivity index (χ2v) is 10.2. The van der Waals surface area contributed by atoms with Crippen molar-refractivity contribution in [3.05, 3.63) is 41.2 Å². The molecule has 154 valence electrons. The van der Waals surface area contributed by atoms with E-state index in [2.05, 4.69) is 51.0 Å². The Morgan fingerprint density at radius 3 is 2.55 bits per heavy atom. The molecule has 1 aliphatic heterocycles. The molecular weight excluding hydrogens is 360 g/mol. The molecule has 1 aromatic heterocycles. The quantitative estimate of drug-likeness (QED) is 0.850. The third-order valence-electron chi connectivity index (χ3n) is 8.75. The number of rotatable bonds is 2. The Bertz CT molecular complexity index is 913. The first-order chi connectivity index (χ1) is 14.1. The Labute approximate surface area is 173 Å². The summed E-state index contributed by atoms with van der Waals surface area (Å²) >= 11 is 0. The van der Waals surface area contributed by atoms with Crippen molar-refractivity contribution in [1.82, 2.24) is 14.8 Å². The molecule has 0 bridgehead atoms. The summed E-state index contributed by atoms with van der Waals surface area (Å²) in [4.78, 5) is 2.46. The van der Waals surface area contributed by atoms with Crippen LogP contribution in [-0.4, -0.2) is 39.1 Å². The van der Waals surface area contributed by atoms with Crippen LogP contribution in [0.5, 0.6) is 0 Å². The van der Waals surface area contributed by atoms with Crippen molar-refractivity contribution in [2.75, 3.05) is 18.0 Å². The number of hydrogen-bond acceptors (Lipinski definition) is 4. The lowest BCUT2D eigenvalue weighted by molar-refractivity contribution is -0.0145. The van der Waals surface area contributed by atoms with Crippen molar-refractivity contribution < 1.29 is 5.11 Å². The number of benzene rings is 1. The van der Waals surface area contributed by atoms with Gasteiger partial charge in [-0.1, -0.05) is 24.3 Å². The van der Waals surface area contributed by atoms with E-state index in [0.29, 0.717) is 23.2 Å². The number of nitrogens with zero attached hydrogens (tertiary/aromatic N) is 4. The molecule has 2 unspecified atom stereocenters. The van der Waals surface area contributed by atoms with Gasteiger partial charge in [-0.15, -0.1) is 10.2 Å². The summed E-state index contributed by atoms with van der Waals surface area (Å²) in [7, 11) is 2.14. The molecule has 5 heteroatoms. The third kappa shape index (κ3) is 2.84. The number of anilines is 1. The molecule has 1 N–H and O–H groups in total. The van der Waals surface area contributed by atoms with E-state index in [1.807, 2.05) is 0 Å². The van der Waals surface area contributed by atoms with Crippen LogP contribution >= 0.6 is 0 Å². The van der Waals surface area contributed by atoms with Crippen molar-refractivity contribution in [3.63, 3.8) is 0 Å². The molecule has 1 spiro atoms. The fourth-order valence-electron chi connectivity index (χ4n) is 6.84. The standard InChI is InChI=1S/C24H32N4O/c1-27-22(19-12-18-14-21(29)20(18)13-19)25-26-23(27)28-10-8-24(9-11-28)7-6-16-4-2-3-5-17(16)15-24/h2-5,18-21,29H,6-15H2,1H3/t18-,19?,20-,21?/m1/s1. The molecule has 4 atom stereocenters. The first-order valence-electron chi connectivity index (χ1n) is 11.5. The average molecular weight is 393 g/mol. The predicted octanol–water partition coefficient (Wildman–Crippen LogP) is 3.47. The first-order valence-corrected chi connectivity index (χ1v) is 11.5. The van der Waals surface area contributed by atoms with Gasteiger partial charge in [0.15, 0.2) is 0 Å². The number of aryl methyl sites for hydroxylation is 1. The van der Waals surface area contributed by atoms with Gasteiger partial charge >= 0.3 is 0 Å². The minimum absolute atomic E-state index is 0.0726. The maximum absolute atomic E-state index is 9.99. The maximum atomic E-state index is 9.99. The summed E-state index contributed by atoms with van der Waals surface area (Å²) < 4.78 is 2.25. The van der Waals surface area contributed by atoms with Gasteiger partial charge in [-0.05, 0) is 79.7 Å². The van der Waals surface area contributed by atoms with Crippen LogP contribution in [0.3, 0.4) is 0 Å². The summed E-state index contributed by atoms with van der Waals surface area (Å²) in [5, 5.41) is 19.2. The number of hydrogen-bond donors (Lipinski definition) is 1. The fourth-order valence-corrected chi connectivity index (χ4v) is 6.84. The summed E-state index contributed by atoms with van der Waals surface area (Å²) in [6, 6.07) is 9.03. The largest absolute Gasteiger partial charge is 0.393 e. The van der Waals surface area contributed by atoms with E-state index in [9.17, 15) is 5.11 Å². The van der Waals surface area contributed by atoms with E-state index in [-0.39, 0.29) is 6.10 Å². The van der Waals surface area contributed by atoms with E-state index in [1.165, 1.54) is 38.5 Å². The van der Waals surface area contributed by atoms with Gasteiger partial charge in [0.2, 0.25) is 5.95 Å². The molecule has 2 aromatic rings. The summed E-state index contributed by atoms with van der Waals surface area (Å²) in [6.45, 7) is 2.17. The van der Waals surface area contributed by atoms with Crippen LogP contribution in [0.15, 0.2) is 24.3 Å². The minimum atomic E-state index is -0.0726.